The van der Waals surface area contributed by atoms with Crippen molar-refractivity contribution in [2.45, 2.75) is 31.7 Å². The van der Waals surface area contributed by atoms with Crippen LogP contribution in [0, 0.1) is 11.7 Å². The van der Waals surface area contributed by atoms with Crippen LogP contribution in [0.25, 0.3) is 0 Å². The molecule has 0 radical (unpaired) electrons. The third-order valence-corrected chi connectivity index (χ3v) is 4.84. The molecule has 0 saturated heterocycles. The lowest BCUT2D eigenvalue weighted by Crippen LogP contribution is -2.25. The lowest BCUT2D eigenvalue weighted by atomic mass is 9.90. The van der Waals surface area contributed by atoms with Crippen molar-refractivity contribution in [1.82, 2.24) is 5.32 Å². The van der Waals surface area contributed by atoms with E-state index in [-0.39, 0.29) is 17.6 Å². The molecular formula is C21H24FNO3. The number of carbonyl (C=O) groups is 1. The third-order valence-electron chi connectivity index (χ3n) is 4.84. The van der Waals surface area contributed by atoms with E-state index in [9.17, 15) is 9.18 Å². The average molecular weight is 357 g/mol. The third kappa shape index (κ3) is 4.54. The number of benzene rings is 2. The van der Waals surface area contributed by atoms with E-state index >= 15 is 0 Å². The standard InChI is InChI=1S/C21H24FNO3/c1-25-19-10-7-16(11-20(19)26-2)18(15-5-6-15)12-21(24)23-13-14-3-8-17(22)9-4-14/h3-4,7-11,15,18H,5-6,12-13H2,1-2H3,(H,23,24). The summed E-state index contributed by atoms with van der Waals surface area (Å²) in [5, 5.41) is 2.94. The number of hydrogen-bond acceptors (Lipinski definition) is 3. The largest absolute Gasteiger partial charge is 0.493 e. The van der Waals surface area contributed by atoms with Crippen LogP contribution in [0.3, 0.4) is 0 Å². The molecule has 1 saturated carbocycles. The molecule has 26 heavy (non-hydrogen) atoms. The molecule has 1 aliphatic rings. The second-order valence-electron chi connectivity index (χ2n) is 6.67. The Bertz CT molecular complexity index is 756. The number of amides is 1. The molecule has 0 heterocycles. The highest BCUT2D eigenvalue weighted by molar-refractivity contribution is 5.77. The smallest absolute Gasteiger partial charge is 0.220 e. The fourth-order valence-corrected chi connectivity index (χ4v) is 3.21. The molecule has 0 bridgehead atoms. The summed E-state index contributed by atoms with van der Waals surface area (Å²) < 4.78 is 23.6. The minimum Gasteiger partial charge on any atom is -0.493 e. The molecule has 1 amide bonds. The predicted molar refractivity (Wildman–Crippen MR) is 97.9 cm³/mol. The number of methoxy groups -OCH3 is 2. The zero-order valence-electron chi connectivity index (χ0n) is 15.1. The Balaban J connectivity index is 1.65. The van der Waals surface area contributed by atoms with Gasteiger partial charge >= 0.3 is 0 Å². The summed E-state index contributed by atoms with van der Waals surface area (Å²) in [6.45, 7) is 0.405. The van der Waals surface area contributed by atoms with Crippen molar-refractivity contribution in [3.63, 3.8) is 0 Å². The van der Waals surface area contributed by atoms with E-state index in [1.165, 1.54) is 12.1 Å². The fraction of sp³-hybridized carbons (Fsp3) is 0.381. The highest BCUT2D eigenvalue weighted by Gasteiger charge is 2.34. The Hall–Kier alpha value is -2.56. The van der Waals surface area contributed by atoms with Crippen molar-refractivity contribution >= 4 is 5.91 Å². The van der Waals surface area contributed by atoms with Gasteiger partial charge in [-0.2, -0.15) is 0 Å². The minimum atomic E-state index is -0.276. The number of ether oxygens (including phenoxy) is 2. The first-order valence-electron chi connectivity index (χ1n) is 8.83. The number of rotatable bonds is 8. The van der Waals surface area contributed by atoms with Crippen molar-refractivity contribution in [2.24, 2.45) is 5.92 Å². The molecule has 1 aliphatic carbocycles. The van der Waals surface area contributed by atoms with Gasteiger partial charge in [-0.3, -0.25) is 4.79 Å². The molecule has 2 aromatic rings. The highest BCUT2D eigenvalue weighted by atomic mass is 19.1. The average Bonchev–Trinajstić information content (AvgIpc) is 3.50. The summed E-state index contributed by atoms with van der Waals surface area (Å²) in [7, 11) is 3.22. The molecule has 3 rings (SSSR count). The van der Waals surface area contributed by atoms with Gasteiger partial charge < -0.3 is 14.8 Å². The van der Waals surface area contributed by atoms with E-state index < -0.39 is 0 Å². The lowest BCUT2D eigenvalue weighted by molar-refractivity contribution is -0.121. The van der Waals surface area contributed by atoms with E-state index in [0.717, 1.165) is 24.0 Å². The first-order chi connectivity index (χ1) is 12.6. The summed E-state index contributed by atoms with van der Waals surface area (Å²) in [6, 6.07) is 12.0. The monoisotopic (exact) mass is 357 g/mol. The van der Waals surface area contributed by atoms with Gasteiger partial charge in [0.15, 0.2) is 11.5 Å². The van der Waals surface area contributed by atoms with Crippen LogP contribution in [0.1, 0.15) is 36.3 Å². The number of halogens is 1. The van der Waals surface area contributed by atoms with Crippen LogP contribution < -0.4 is 14.8 Å². The van der Waals surface area contributed by atoms with Crippen molar-refractivity contribution in [3.05, 3.63) is 59.4 Å². The van der Waals surface area contributed by atoms with Gasteiger partial charge in [-0.25, -0.2) is 4.39 Å². The quantitative estimate of drug-likeness (QED) is 0.775. The maximum Gasteiger partial charge on any atom is 0.220 e. The van der Waals surface area contributed by atoms with Gasteiger partial charge in [0.2, 0.25) is 5.91 Å². The van der Waals surface area contributed by atoms with Crippen molar-refractivity contribution in [3.8, 4) is 11.5 Å². The van der Waals surface area contributed by atoms with E-state index in [0.29, 0.717) is 30.4 Å². The Morgan fingerprint density at radius 3 is 2.42 bits per heavy atom. The van der Waals surface area contributed by atoms with Gasteiger partial charge in [0.1, 0.15) is 5.82 Å². The SMILES string of the molecule is COc1ccc(C(CC(=O)NCc2ccc(F)cc2)C2CC2)cc1OC. The van der Waals surface area contributed by atoms with Gasteiger partial charge in [-0.15, -0.1) is 0 Å². The summed E-state index contributed by atoms with van der Waals surface area (Å²) >= 11 is 0. The van der Waals surface area contributed by atoms with Crippen LogP contribution in [0.15, 0.2) is 42.5 Å². The second kappa shape index (κ2) is 8.21. The number of hydrogen-bond donors (Lipinski definition) is 1. The first-order valence-corrected chi connectivity index (χ1v) is 8.83. The summed E-state index contributed by atoms with van der Waals surface area (Å²) in [5.74, 6) is 1.80. The molecular weight excluding hydrogens is 333 g/mol. The molecule has 4 nitrogen and oxygen atoms in total. The van der Waals surface area contributed by atoms with Gasteiger partial charge in [-0.05, 0) is 60.1 Å². The molecule has 0 spiro atoms. The van der Waals surface area contributed by atoms with Crippen LogP contribution in [0.4, 0.5) is 4.39 Å². The summed E-state index contributed by atoms with van der Waals surface area (Å²) in [6.07, 6.45) is 2.72. The van der Waals surface area contributed by atoms with E-state index in [4.69, 9.17) is 9.47 Å². The van der Waals surface area contributed by atoms with Gasteiger partial charge in [0.25, 0.3) is 0 Å². The van der Waals surface area contributed by atoms with Gasteiger partial charge in [0.05, 0.1) is 14.2 Å². The normalized spacial score (nSPS) is 14.6. The highest BCUT2D eigenvalue weighted by Crippen LogP contribution is 2.46. The molecule has 1 atom stereocenters. The van der Waals surface area contributed by atoms with E-state index in [1.807, 2.05) is 18.2 Å². The van der Waals surface area contributed by atoms with Crippen LogP contribution in [-0.2, 0) is 11.3 Å². The topological polar surface area (TPSA) is 47.6 Å². The molecule has 2 aromatic carbocycles. The van der Waals surface area contributed by atoms with Crippen LogP contribution in [0.2, 0.25) is 0 Å². The van der Waals surface area contributed by atoms with Crippen molar-refractivity contribution in [1.29, 1.82) is 0 Å². The summed E-state index contributed by atoms with van der Waals surface area (Å²) in [4.78, 5) is 12.4. The van der Waals surface area contributed by atoms with Crippen LogP contribution >= 0.6 is 0 Å². The minimum absolute atomic E-state index is 0.000935. The second-order valence-corrected chi connectivity index (χ2v) is 6.67. The maximum absolute atomic E-state index is 13.0. The number of carbonyl (C=O) groups excluding carboxylic acids is 1. The molecule has 0 aliphatic heterocycles. The molecule has 1 N–H and O–H groups in total. The fourth-order valence-electron chi connectivity index (χ4n) is 3.21. The molecule has 1 fully saturated rings. The Morgan fingerprint density at radius 2 is 1.81 bits per heavy atom. The van der Waals surface area contributed by atoms with Gasteiger partial charge in [0, 0.05) is 13.0 Å². The maximum atomic E-state index is 13.0. The Kier molecular flexibility index (Phi) is 5.76. The zero-order chi connectivity index (χ0) is 18.5. The lowest BCUT2D eigenvalue weighted by Gasteiger charge is -2.18. The van der Waals surface area contributed by atoms with E-state index in [2.05, 4.69) is 5.32 Å². The Morgan fingerprint density at radius 1 is 1.12 bits per heavy atom. The van der Waals surface area contributed by atoms with Crippen LogP contribution in [-0.4, -0.2) is 20.1 Å². The molecule has 0 aromatic heterocycles. The van der Waals surface area contributed by atoms with Crippen LogP contribution in [0.5, 0.6) is 11.5 Å². The molecule has 138 valence electrons. The molecule has 1 unspecified atom stereocenters. The Labute approximate surface area is 153 Å². The zero-order valence-corrected chi connectivity index (χ0v) is 15.1. The summed E-state index contributed by atoms with van der Waals surface area (Å²) in [5.41, 5.74) is 1.98. The predicted octanol–water partition coefficient (Wildman–Crippen LogP) is 4.04. The molecule has 5 heteroatoms. The number of nitrogens with one attached hydrogen (secondary N) is 1. The van der Waals surface area contributed by atoms with Gasteiger partial charge in [-0.1, -0.05) is 18.2 Å². The van der Waals surface area contributed by atoms with Crippen molar-refractivity contribution in [2.75, 3.05) is 14.2 Å². The van der Waals surface area contributed by atoms with E-state index in [1.54, 1.807) is 26.4 Å². The first kappa shape index (κ1) is 18.2. The van der Waals surface area contributed by atoms with Crippen molar-refractivity contribution < 1.29 is 18.7 Å².